The Hall–Kier alpha value is -1.80. The zero-order chi connectivity index (χ0) is 16.1. The van der Waals surface area contributed by atoms with Crippen molar-refractivity contribution in [3.05, 3.63) is 56.1 Å². The first kappa shape index (κ1) is 16.6. The summed E-state index contributed by atoms with van der Waals surface area (Å²) in [6, 6.07) is 10.1. The van der Waals surface area contributed by atoms with E-state index < -0.39 is 6.03 Å². The molecule has 2 amide bonds. The molecule has 0 saturated heterocycles. The molecule has 0 heterocycles. The van der Waals surface area contributed by atoms with E-state index >= 15 is 0 Å². The van der Waals surface area contributed by atoms with Crippen molar-refractivity contribution in [1.82, 2.24) is 5.43 Å². The Bertz CT molecular complexity index is 735. The van der Waals surface area contributed by atoms with E-state index in [2.05, 4.69) is 15.8 Å². The van der Waals surface area contributed by atoms with Crippen molar-refractivity contribution in [3.63, 3.8) is 0 Å². The molecular weight excluding hydrogens is 417 g/mol. The molecule has 7 heteroatoms. The molecule has 0 aromatic heterocycles. The van der Waals surface area contributed by atoms with E-state index in [9.17, 15) is 9.90 Å². The van der Waals surface area contributed by atoms with Crippen LogP contribution in [-0.2, 0) is 0 Å². The number of para-hydroxylation sites is 1. The number of nitrogens with one attached hydrogen (secondary N) is 2. The molecule has 0 atom stereocenters. The first-order chi connectivity index (χ1) is 10.5. The third-order valence-corrected chi connectivity index (χ3v) is 3.86. The molecule has 0 spiro atoms. The lowest BCUT2D eigenvalue weighted by Crippen LogP contribution is -2.24. The summed E-state index contributed by atoms with van der Waals surface area (Å²) in [7, 11) is 0. The molecule has 0 unspecified atom stereocenters. The highest BCUT2D eigenvalue weighted by atomic mass is 127. The third-order valence-electron chi connectivity index (χ3n) is 2.82. The number of halogens is 2. The Labute approximate surface area is 146 Å². The number of phenols is 1. The van der Waals surface area contributed by atoms with E-state index in [0.717, 1.165) is 5.56 Å². The van der Waals surface area contributed by atoms with Crippen LogP contribution in [0, 0.1) is 10.5 Å². The molecule has 0 radical (unpaired) electrons. The standard InChI is InChI=1S/C15H13ClIN3O2/c1-9-4-2-3-5-13(9)19-15(22)20-18-8-10-6-11(16)7-12(17)14(10)21/h2-8,21H,1H3,(H2,19,20,22)/b18-8+. The lowest BCUT2D eigenvalue weighted by atomic mass is 10.2. The Morgan fingerprint density at radius 1 is 1.36 bits per heavy atom. The van der Waals surface area contributed by atoms with Crippen LogP contribution in [0.5, 0.6) is 5.75 Å². The van der Waals surface area contributed by atoms with Gasteiger partial charge in [-0.3, -0.25) is 0 Å². The van der Waals surface area contributed by atoms with Crippen LogP contribution in [0.1, 0.15) is 11.1 Å². The van der Waals surface area contributed by atoms with Crippen molar-refractivity contribution in [2.75, 3.05) is 5.32 Å². The number of carbonyl (C=O) groups excluding carboxylic acids is 1. The van der Waals surface area contributed by atoms with E-state index in [1.807, 2.05) is 47.7 Å². The Balaban J connectivity index is 2.01. The average Bonchev–Trinajstić information content (AvgIpc) is 2.46. The number of amides is 2. The maximum Gasteiger partial charge on any atom is 0.339 e. The predicted molar refractivity (Wildman–Crippen MR) is 96.8 cm³/mol. The molecule has 0 fully saturated rings. The van der Waals surface area contributed by atoms with Gasteiger partial charge in [-0.1, -0.05) is 29.8 Å². The molecule has 0 bridgehead atoms. The number of phenolic OH excluding ortho intramolecular Hbond substituents is 1. The maximum atomic E-state index is 11.7. The second kappa shape index (κ2) is 7.46. The molecule has 2 aromatic carbocycles. The number of benzene rings is 2. The van der Waals surface area contributed by atoms with Gasteiger partial charge >= 0.3 is 6.03 Å². The molecule has 0 saturated carbocycles. The van der Waals surface area contributed by atoms with Gasteiger partial charge in [-0.05, 0) is 53.3 Å². The topological polar surface area (TPSA) is 73.7 Å². The van der Waals surface area contributed by atoms with Crippen LogP contribution in [-0.4, -0.2) is 17.4 Å². The van der Waals surface area contributed by atoms with Crippen molar-refractivity contribution in [1.29, 1.82) is 0 Å². The number of hydrogen-bond donors (Lipinski definition) is 3. The van der Waals surface area contributed by atoms with Gasteiger partial charge < -0.3 is 10.4 Å². The first-order valence-corrected chi connectivity index (χ1v) is 7.76. The highest BCUT2D eigenvalue weighted by Gasteiger charge is 2.06. The first-order valence-electron chi connectivity index (χ1n) is 6.31. The zero-order valence-electron chi connectivity index (χ0n) is 11.6. The summed E-state index contributed by atoms with van der Waals surface area (Å²) in [5.41, 5.74) is 4.41. The van der Waals surface area contributed by atoms with Gasteiger partial charge in [0.1, 0.15) is 5.75 Å². The Morgan fingerprint density at radius 3 is 2.82 bits per heavy atom. The van der Waals surface area contributed by atoms with Gasteiger partial charge in [0.2, 0.25) is 0 Å². The van der Waals surface area contributed by atoms with Crippen molar-refractivity contribution in [2.45, 2.75) is 6.92 Å². The highest BCUT2D eigenvalue weighted by molar-refractivity contribution is 14.1. The third kappa shape index (κ3) is 4.35. The molecule has 0 aliphatic rings. The summed E-state index contributed by atoms with van der Waals surface area (Å²) in [4.78, 5) is 11.7. The van der Waals surface area contributed by atoms with E-state index in [-0.39, 0.29) is 5.75 Å². The molecule has 2 rings (SSSR count). The van der Waals surface area contributed by atoms with Crippen molar-refractivity contribution >= 4 is 52.1 Å². The lowest BCUT2D eigenvalue weighted by Gasteiger charge is -2.07. The molecular formula is C15H13ClIN3O2. The van der Waals surface area contributed by atoms with Crippen LogP contribution in [0.3, 0.4) is 0 Å². The molecule has 114 valence electrons. The van der Waals surface area contributed by atoms with Crippen molar-refractivity contribution < 1.29 is 9.90 Å². The molecule has 3 N–H and O–H groups in total. The van der Waals surface area contributed by atoms with Gasteiger partial charge in [-0.15, -0.1) is 0 Å². The minimum atomic E-state index is -0.471. The number of rotatable bonds is 3. The van der Waals surface area contributed by atoms with E-state index in [1.54, 1.807) is 18.2 Å². The van der Waals surface area contributed by atoms with Crippen LogP contribution in [0.15, 0.2) is 41.5 Å². The van der Waals surface area contributed by atoms with E-state index in [0.29, 0.717) is 19.8 Å². The molecule has 0 aliphatic heterocycles. The zero-order valence-corrected chi connectivity index (χ0v) is 14.5. The van der Waals surface area contributed by atoms with Gasteiger partial charge in [0.05, 0.1) is 9.78 Å². The number of hydrazone groups is 1. The summed E-state index contributed by atoms with van der Waals surface area (Å²) in [5.74, 6) is 0.0647. The number of urea groups is 1. The quantitative estimate of drug-likeness (QED) is 0.390. The molecule has 22 heavy (non-hydrogen) atoms. The number of anilines is 1. The summed E-state index contributed by atoms with van der Waals surface area (Å²) in [6.45, 7) is 1.89. The largest absolute Gasteiger partial charge is 0.506 e. The van der Waals surface area contributed by atoms with Gasteiger partial charge in [-0.25, -0.2) is 10.2 Å². The van der Waals surface area contributed by atoms with Crippen LogP contribution < -0.4 is 10.7 Å². The van der Waals surface area contributed by atoms with Crippen LogP contribution in [0.2, 0.25) is 5.02 Å². The summed E-state index contributed by atoms with van der Waals surface area (Å²) >= 11 is 7.87. The van der Waals surface area contributed by atoms with E-state index in [1.165, 1.54) is 6.21 Å². The van der Waals surface area contributed by atoms with Crippen LogP contribution in [0.25, 0.3) is 0 Å². The number of nitrogens with zero attached hydrogens (tertiary/aromatic N) is 1. The number of aryl methyl sites for hydroxylation is 1. The minimum absolute atomic E-state index is 0.0647. The second-order valence-electron chi connectivity index (χ2n) is 4.46. The van der Waals surface area contributed by atoms with Crippen LogP contribution >= 0.6 is 34.2 Å². The van der Waals surface area contributed by atoms with Crippen LogP contribution in [0.4, 0.5) is 10.5 Å². The van der Waals surface area contributed by atoms with Gasteiger partial charge in [0.15, 0.2) is 0 Å². The monoisotopic (exact) mass is 429 g/mol. The predicted octanol–water partition coefficient (Wildman–Crippen LogP) is 4.11. The van der Waals surface area contributed by atoms with Crippen molar-refractivity contribution in [3.8, 4) is 5.75 Å². The summed E-state index contributed by atoms with van der Waals surface area (Å²) in [6.07, 6.45) is 1.33. The van der Waals surface area contributed by atoms with Gasteiger partial charge in [0, 0.05) is 16.3 Å². The van der Waals surface area contributed by atoms with Gasteiger partial charge in [-0.2, -0.15) is 5.10 Å². The number of hydrogen-bond acceptors (Lipinski definition) is 3. The fraction of sp³-hybridized carbons (Fsp3) is 0.0667. The maximum absolute atomic E-state index is 11.7. The van der Waals surface area contributed by atoms with Gasteiger partial charge in [0.25, 0.3) is 0 Å². The lowest BCUT2D eigenvalue weighted by molar-refractivity contribution is 0.252. The fourth-order valence-electron chi connectivity index (χ4n) is 1.71. The van der Waals surface area contributed by atoms with Crippen molar-refractivity contribution in [2.24, 2.45) is 5.10 Å². The number of carbonyl (C=O) groups is 1. The SMILES string of the molecule is Cc1ccccc1NC(=O)N/N=C/c1cc(Cl)cc(I)c1O. The molecule has 2 aromatic rings. The minimum Gasteiger partial charge on any atom is -0.506 e. The smallest absolute Gasteiger partial charge is 0.339 e. The van der Waals surface area contributed by atoms with E-state index in [4.69, 9.17) is 11.6 Å². The normalized spacial score (nSPS) is 10.7. The number of aromatic hydroxyl groups is 1. The summed E-state index contributed by atoms with van der Waals surface area (Å²) in [5, 5.41) is 16.8. The highest BCUT2D eigenvalue weighted by Crippen LogP contribution is 2.27. The fourth-order valence-corrected chi connectivity index (χ4v) is 2.77. The Morgan fingerprint density at radius 2 is 2.09 bits per heavy atom. The summed E-state index contributed by atoms with van der Waals surface area (Å²) < 4.78 is 0.607. The molecule has 0 aliphatic carbocycles. The molecule has 5 nitrogen and oxygen atoms in total. The Kier molecular flexibility index (Phi) is 5.62. The second-order valence-corrected chi connectivity index (χ2v) is 6.06. The average molecular weight is 430 g/mol.